The second-order valence-corrected chi connectivity index (χ2v) is 7.46. The predicted octanol–water partition coefficient (Wildman–Crippen LogP) is 4.39. The fraction of sp³-hybridized carbons (Fsp3) is 0.0476. The molecule has 1 fully saturated rings. The van der Waals surface area contributed by atoms with Crippen LogP contribution in [0.2, 0.25) is 0 Å². The van der Waals surface area contributed by atoms with E-state index in [4.69, 9.17) is 4.42 Å². The number of non-ortho nitro benzene ring substituents is 1. The Hall–Kier alpha value is -3.72. The zero-order valence-electron chi connectivity index (χ0n) is 15.6. The third kappa shape index (κ3) is 3.62. The molecule has 1 N–H and O–H groups in total. The Morgan fingerprint density at radius 1 is 1.13 bits per heavy atom. The third-order valence-corrected chi connectivity index (χ3v) is 5.15. The van der Waals surface area contributed by atoms with Crippen LogP contribution in [-0.2, 0) is 9.59 Å². The van der Waals surface area contributed by atoms with Gasteiger partial charge in [0.05, 0.1) is 10.6 Å². The molecule has 1 aromatic heterocycles. The van der Waals surface area contributed by atoms with Crippen molar-refractivity contribution in [2.24, 2.45) is 0 Å². The van der Waals surface area contributed by atoms with Gasteiger partial charge in [0.1, 0.15) is 17.1 Å². The average molecular weight is 468 g/mol. The van der Waals surface area contributed by atoms with Gasteiger partial charge in [-0.3, -0.25) is 25.1 Å². The van der Waals surface area contributed by atoms with E-state index in [1.807, 2.05) is 13.0 Å². The Kier molecular flexibility index (Phi) is 4.96. The lowest BCUT2D eigenvalue weighted by atomic mass is 10.1. The van der Waals surface area contributed by atoms with Gasteiger partial charge in [0.15, 0.2) is 0 Å². The van der Waals surface area contributed by atoms with Gasteiger partial charge in [-0.05, 0) is 64.8 Å². The number of carbonyl (C=O) groups is 2. The lowest BCUT2D eigenvalue weighted by Gasteiger charge is -2.14. The van der Waals surface area contributed by atoms with Crippen molar-refractivity contribution in [3.8, 4) is 11.3 Å². The van der Waals surface area contributed by atoms with Crippen molar-refractivity contribution < 1.29 is 18.9 Å². The Labute approximate surface area is 179 Å². The van der Waals surface area contributed by atoms with Crippen LogP contribution in [0.4, 0.5) is 11.4 Å². The molecule has 4 rings (SSSR count). The Morgan fingerprint density at radius 3 is 2.63 bits per heavy atom. The van der Waals surface area contributed by atoms with Crippen molar-refractivity contribution >= 4 is 45.2 Å². The first kappa shape index (κ1) is 19.6. The number of aryl methyl sites for hydroxylation is 1. The summed E-state index contributed by atoms with van der Waals surface area (Å²) in [6, 6.07) is 14.8. The molecule has 0 radical (unpaired) electrons. The van der Waals surface area contributed by atoms with E-state index in [0.29, 0.717) is 27.2 Å². The summed E-state index contributed by atoms with van der Waals surface area (Å²) >= 11 is 3.30. The summed E-state index contributed by atoms with van der Waals surface area (Å²) in [7, 11) is 0. The summed E-state index contributed by atoms with van der Waals surface area (Å²) in [5.74, 6) is -0.277. The van der Waals surface area contributed by atoms with E-state index in [9.17, 15) is 19.7 Å². The van der Waals surface area contributed by atoms with Crippen LogP contribution in [0.15, 0.2) is 69.1 Å². The Bertz CT molecular complexity index is 1230. The highest BCUT2D eigenvalue weighted by Gasteiger charge is 2.34. The molecule has 150 valence electrons. The second-order valence-electron chi connectivity index (χ2n) is 6.60. The smallest absolute Gasteiger partial charge is 0.282 e. The van der Waals surface area contributed by atoms with E-state index >= 15 is 0 Å². The van der Waals surface area contributed by atoms with Gasteiger partial charge in [-0.2, -0.15) is 0 Å². The van der Waals surface area contributed by atoms with Gasteiger partial charge in [-0.1, -0.05) is 12.1 Å². The molecule has 0 spiro atoms. The van der Waals surface area contributed by atoms with Crippen molar-refractivity contribution in [2.75, 3.05) is 5.01 Å². The largest absolute Gasteiger partial charge is 0.457 e. The molecule has 0 aliphatic carbocycles. The van der Waals surface area contributed by atoms with Crippen LogP contribution in [0.1, 0.15) is 11.3 Å². The van der Waals surface area contributed by atoms with Crippen LogP contribution >= 0.6 is 15.9 Å². The summed E-state index contributed by atoms with van der Waals surface area (Å²) in [4.78, 5) is 35.5. The molecule has 8 nitrogen and oxygen atoms in total. The quantitative estimate of drug-likeness (QED) is 0.265. The second kappa shape index (κ2) is 7.60. The minimum absolute atomic E-state index is 0.0519. The minimum Gasteiger partial charge on any atom is -0.457 e. The number of anilines is 1. The summed E-state index contributed by atoms with van der Waals surface area (Å²) in [5.41, 5.74) is 4.56. The van der Waals surface area contributed by atoms with Crippen molar-refractivity contribution in [1.29, 1.82) is 0 Å². The molecule has 9 heteroatoms. The number of nitro benzene ring substituents is 1. The predicted molar refractivity (Wildman–Crippen MR) is 113 cm³/mol. The highest BCUT2D eigenvalue weighted by Crippen LogP contribution is 2.33. The maximum absolute atomic E-state index is 12.7. The zero-order valence-corrected chi connectivity index (χ0v) is 17.2. The molecular formula is C21H14BrN3O5. The molecule has 2 aromatic carbocycles. The number of carbonyl (C=O) groups excluding carboxylic acids is 2. The number of nitrogens with zero attached hydrogens (tertiary/aromatic N) is 2. The number of hydrogen-bond donors (Lipinski definition) is 1. The lowest BCUT2D eigenvalue weighted by Crippen LogP contribution is -2.35. The topological polar surface area (TPSA) is 106 Å². The van der Waals surface area contributed by atoms with Gasteiger partial charge in [-0.15, -0.1) is 0 Å². The van der Waals surface area contributed by atoms with Crippen LogP contribution < -0.4 is 10.4 Å². The fourth-order valence-corrected chi connectivity index (χ4v) is 3.60. The van der Waals surface area contributed by atoms with Crippen LogP contribution in [0, 0.1) is 17.0 Å². The first-order chi connectivity index (χ1) is 14.3. The first-order valence-corrected chi connectivity index (χ1v) is 9.61. The molecule has 1 aliphatic rings. The molecule has 30 heavy (non-hydrogen) atoms. The number of benzene rings is 2. The van der Waals surface area contributed by atoms with Gasteiger partial charge in [0.25, 0.3) is 17.5 Å². The van der Waals surface area contributed by atoms with Gasteiger partial charge in [-0.25, -0.2) is 5.01 Å². The molecule has 1 aliphatic heterocycles. The van der Waals surface area contributed by atoms with E-state index in [2.05, 4.69) is 21.4 Å². The maximum atomic E-state index is 12.7. The van der Waals surface area contributed by atoms with Crippen LogP contribution in [0.25, 0.3) is 17.4 Å². The number of hydrogen-bond acceptors (Lipinski definition) is 5. The normalized spacial score (nSPS) is 15.0. The van der Waals surface area contributed by atoms with E-state index in [1.165, 1.54) is 23.2 Å². The zero-order chi connectivity index (χ0) is 21.4. The number of halogens is 1. The number of nitrogens with one attached hydrogen (secondary N) is 1. The average Bonchev–Trinajstić information content (AvgIpc) is 3.28. The van der Waals surface area contributed by atoms with Gasteiger partial charge in [0.2, 0.25) is 0 Å². The number of rotatable bonds is 4. The van der Waals surface area contributed by atoms with Crippen molar-refractivity contribution in [3.63, 3.8) is 0 Å². The molecule has 3 aromatic rings. The van der Waals surface area contributed by atoms with E-state index in [0.717, 1.165) is 5.56 Å². The van der Waals surface area contributed by atoms with Gasteiger partial charge >= 0.3 is 0 Å². The SMILES string of the molecule is Cc1cccc(N2NC(=O)/C(=C/c3ccc(-c4ccc([N+](=O)[O-])cc4Br)o3)C2=O)c1. The third-order valence-electron chi connectivity index (χ3n) is 4.49. The van der Waals surface area contributed by atoms with Crippen molar-refractivity contribution in [3.05, 3.63) is 86.1 Å². The summed E-state index contributed by atoms with van der Waals surface area (Å²) in [6.07, 6.45) is 1.37. The molecule has 0 saturated carbocycles. The first-order valence-electron chi connectivity index (χ1n) is 8.81. The van der Waals surface area contributed by atoms with E-state index in [-0.39, 0.29) is 11.3 Å². The number of amides is 2. The van der Waals surface area contributed by atoms with E-state index in [1.54, 1.807) is 36.4 Å². The monoisotopic (exact) mass is 467 g/mol. The van der Waals surface area contributed by atoms with Crippen molar-refractivity contribution in [1.82, 2.24) is 5.43 Å². The van der Waals surface area contributed by atoms with Crippen LogP contribution in [0.3, 0.4) is 0 Å². The van der Waals surface area contributed by atoms with E-state index < -0.39 is 16.7 Å². The molecule has 0 unspecified atom stereocenters. The molecule has 2 amide bonds. The molecule has 0 bridgehead atoms. The number of furan rings is 1. The summed E-state index contributed by atoms with van der Waals surface area (Å²) < 4.78 is 6.23. The highest BCUT2D eigenvalue weighted by molar-refractivity contribution is 9.10. The molecule has 0 atom stereocenters. The number of hydrazine groups is 1. The molecular weight excluding hydrogens is 454 g/mol. The maximum Gasteiger partial charge on any atom is 0.282 e. The lowest BCUT2D eigenvalue weighted by molar-refractivity contribution is -0.384. The highest BCUT2D eigenvalue weighted by atomic mass is 79.9. The van der Waals surface area contributed by atoms with Gasteiger partial charge in [0, 0.05) is 22.2 Å². The summed E-state index contributed by atoms with van der Waals surface area (Å²) in [5, 5.41) is 12.1. The summed E-state index contributed by atoms with van der Waals surface area (Å²) in [6.45, 7) is 1.89. The Morgan fingerprint density at radius 2 is 1.93 bits per heavy atom. The van der Waals surface area contributed by atoms with Crippen LogP contribution in [-0.4, -0.2) is 16.7 Å². The number of nitro groups is 1. The van der Waals surface area contributed by atoms with Crippen LogP contribution in [0.5, 0.6) is 0 Å². The molecule has 2 heterocycles. The van der Waals surface area contributed by atoms with Crippen molar-refractivity contribution in [2.45, 2.75) is 6.92 Å². The Balaban J connectivity index is 1.62. The standard InChI is InChI=1S/C21H14BrN3O5/c1-12-3-2-4-13(9-12)24-21(27)17(20(26)23-24)11-15-6-8-19(30-15)16-7-5-14(25(28)29)10-18(16)22/h2-11H,1H3,(H,23,26)/b17-11-. The minimum atomic E-state index is -0.532. The van der Waals surface area contributed by atoms with Gasteiger partial charge < -0.3 is 4.42 Å². The molecule has 1 saturated heterocycles. The fourth-order valence-electron chi connectivity index (χ4n) is 3.04.